The van der Waals surface area contributed by atoms with Gasteiger partial charge in [0.2, 0.25) is 5.91 Å². The summed E-state index contributed by atoms with van der Waals surface area (Å²) < 4.78 is 7.22. The number of aryl methyl sites for hydroxylation is 1. The minimum absolute atomic E-state index is 0.0657. The molecule has 3 rings (SSSR count). The number of carbonyl (C=O) groups is 2. The van der Waals surface area contributed by atoms with Gasteiger partial charge in [-0.3, -0.25) is 4.79 Å². The first kappa shape index (κ1) is 21.4. The Morgan fingerprint density at radius 1 is 1.00 bits per heavy atom. The fourth-order valence-corrected chi connectivity index (χ4v) is 3.46. The normalized spacial score (nSPS) is 10.6. The number of hydrogen-bond donors (Lipinski definition) is 1. The van der Waals surface area contributed by atoms with Crippen LogP contribution >= 0.6 is 0 Å². The van der Waals surface area contributed by atoms with Crippen LogP contribution in [0.15, 0.2) is 60.7 Å². The number of carbonyl (C=O) groups excluding carboxylic acids is 2. The van der Waals surface area contributed by atoms with Gasteiger partial charge in [0.05, 0.1) is 12.2 Å². The molecule has 1 heterocycles. The first-order valence-electron chi connectivity index (χ1n) is 10.3. The van der Waals surface area contributed by atoms with Crippen LogP contribution in [0, 0.1) is 6.92 Å². The van der Waals surface area contributed by atoms with Crippen molar-refractivity contribution in [2.24, 2.45) is 0 Å². The number of anilines is 1. The molecule has 0 radical (unpaired) electrons. The Morgan fingerprint density at radius 2 is 1.70 bits per heavy atom. The molecule has 0 fully saturated rings. The lowest BCUT2D eigenvalue weighted by molar-refractivity contribution is -0.116. The number of amides is 1. The topological polar surface area (TPSA) is 60.3 Å². The fourth-order valence-electron chi connectivity index (χ4n) is 3.46. The summed E-state index contributed by atoms with van der Waals surface area (Å²) in [6.07, 6.45) is 1.26. The molecule has 0 spiro atoms. The van der Waals surface area contributed by atoms with E-state index in [0.29, 0.717) is 25.1 Å². The summed E-state index contributed by atoms with van der Waals surface area (Å²) in [5.74, 6) is -0.407. The number of nitrogens with one attached hydrogen (secondary N) is 1. The van der Waals surface area contributed by atoms with Crippen molar-refractivity contribution >= 4 is 17.6 Å². The lowest BCUT2D eigenvalue weighted by atomic mass is 10.1. The Labute approximate surface area is 177 Å². The molecule has 30 heavy (non-hydrogen) atoms. The standard InChI is InChI=1S/C25H28N2O3/c1-4-19-11-13-21(14-12-19)26-24(28)15-16-27-18(3)22(25(29)30-5-2)17-23(27)20-9-7-6-8-10-20/h6-14,17H,4-5,15-16H2,1-3H3,(H,26,28). The van der Waals surface area contributed by atoms with E-state index in [9.17, 15) is 9.59 Å². The first-order valence-corrected chi connectivity index (χ1v) is 10.3. The molecule has 1 amide bonds. The number of rotatable bonds is 8. The van der Waals surface area contributed by atoms with E-state index in [-0.39, 0.29) is 11.9 Å². The molecular weight excluding hydrogens is 376 g/mol. The Hall–Kier alpha value is -3.34. The first-order chi connectivity index (χ1) is 14.5. The zero-order valence-corrected chi connectivity index (χ0v) is 17.8. The van der Waals surface area contributed by atoms with Crippen LogP contribution in [0.3, 0.4) is 0 Å². The van der Waals surface area contributed by atoms with Crippen molar-refractivity contribution in [3.05, 3.63) is 77.5 Å². The summed E-state index contributed by atoms with van der Waals surface area (Å²) in [6, 6.07) is 19.6. The number of benzene rings is 2. The van der Waals surface area contributed by atoms with Crippen molar-refractivity contribution in [3.63, 3.8) is 0 Å². The average molecular weight is 405 g/mol. The second-order valence-electron chi connectivity index (χ2n) is 7.12. The van der Waals surface area contributed by atoms with Crippen molar-refractivity contribution in [1.29, 1.82) is 0 Å². The van der Waals surface area contributed by atoms with Crippen molar-refractivity contribution in [1.82, 2.24) is 4.57 Å². The third-order valence-electron chi connectivity index (χ3n) is 5.14. The molecule has 5 heteroatoms. The maximum absolute atomic E-state index is 12.5. The van der Waals surface area contributed by atoms with Crippen LogP contribution in [0.25, 0.3) is 11.3 Å². The monoisotopic (exact) mass is 404 g/mol. The van der Waals surface area contributed by atoms with Crippen LogP contribution in [-0.4, -0.2) is 23.1 Å². The van der Waals surface area contributed by atoms with Crippen LogP contribution in [0.4, 0.5) is 5.69 Å². The number of aromatic nitrogens is 1. The van der Waals surface area contributed by atoms with E-state index in [2.05, 4.69) is 12.2 Å². The number of esters is 1. The summed E-state index contributed by atoms with van der Waals surface area (Å²) in [7, 11) is 0. The summed E-state index contributed by atoms with van der Waals surface area (Å²) in [5.41, 5.74) is 5.24. The van der Waals surface area contributed by atoms with E-state index in [4.69, 9.17) is 4.74 Å². The summed E-state index contributed by atoms with van der Waals surface area (Å²) in [4.78, 5) is 24.9. The fraction of sp³-hybridized carbons (Fsp3) is 0.280. The highest BCUT2D eigenvalue weighted by atomic mass is 16.5. The van der Waals surface area contributed by atoms with Gasteiger partial charge in [-0.05, 0) is 49.6 Å². The van der Waals surface area contributed by atoms with E-state index >= 15 is 0 Å². The zero-order valence-electron chi connectivity index (χ0n) is 17.8. The molecule has 1 N–H and O–H groups in total. The minimum atomic E-state index is -0.341. The van der Waals surface area contributed by atoms with Crippen LogP contribution in [0.2, 0.25) is 0 Å². The van der Waals surface area contributed by atoms with Gasteiger partial charge in [-0.1, -0.05) is 49.4 Å². The second kappa shape index (κ2) is 9.92. The Morgan fingerprint density at radius 3 is 2.33 bits per heavy atom. The minimum Gasteiger partial charge on any atom is -0.462 e. The molecule has 2 aromatic carbocycles. The predicted octanol–water partition coefficient (Wildman–Crippen LogP) is 5.23. The molecule has 0 aliphatic rings. The quantitative estimate of drug-likeness (QED) is 0.523. The molecule has 156 valence electrons. The van der Waals surface area contributed by atoms with Crippen molar-refractivity contribution in [2.75, 3.05) is 11.9 Å². The summed E-state index contributed by atoms with van der Waals surface area (Å²) in [6.45, 7) is 6.57. The van der Waals surface area contributed by atoms with Crippen LogP contribution in [0.5, 0.6) is 0 Å². The number of nitrogens with zero attached hydrogens (tertiary/aromatic N) is 1. The third kappa shape index (κ3) is 4.98. The van der Waals surface area contributed by atoms with Gasteiger partial charge >= 0.3 is 5.97 Å². The SMILES string of the molecule is CCOC(=O)c1cc(-c2ccccc2)n(CCC(=O)Nc2ccc(CC)cc2)c1C. The van der Waals surface area contributed by atoms with Crippen molar-refractivity contribution < 1.29 is 14.3 Å². The largest absolute Gasteiger partial charge is 0.462 e. The smallest absolute Gasteiger partial charge is 0.339 e. The molecule has 0 saturated carbocycles. The molecule has 0 unspecified atom stereocenters. The van der Waals surface area contributed by atoms with E-state index in [1.54, 1.807) is 6.92 Å². The summed E-state index contributed by atoms with van der Waals surface area (Å²) in [5, 5.41) is 2.95. The van der Waals surface area contributed by atoms with Gasteiger partial charge in [0, 0.05) is 30.0 Å². The van der Waals surface area contributed by atoms with Crippen LogP contribution in [0.1, 0.15) is 41.9 Å². The second-order valence-corrected chi connectivity index (χ2v) is 7.12. The molecule has 3 aromatic rings. The Kier molecular flexibility index (Phi) is 7.07. The van der Waals surface area contributed by atoms with Gasteiger partial charge in [-0.15, -0.1) is 0 Å². The van der Waals surface area contributed by atoms with E-state index in [1.165, 1.54) is 5.56 Å². The Balaban J connectivity index is 1.79. The highest BCUT2D eigenvalue weighted by Gasteiger charge is 2.20. The third-order valence-corrected chi connectivity index (χ3v) is 5.14. The molecule has 0 atom stereocenters. The van der Waals surface area contributed by atoms with Gasteiger partial charge in [-0.25, -0.2) is 4.79 Å². The van der Waals surface area contributed by atoms with Crippen LogP contribution < -0.4 is 5.32 Å². The average Bonchev–Trinajstić information content (AvgIpc) is 3.10. The molecule has 0 aliphatic heterocycles. The van der Waals surface area contributed by atoms with Crippen molar-refractivity contribution in [3.8, 4) is 11.3 Å². The molecule has 0 aliphatic carbocycles. The van der Waals surface area contributed by atoms with Crippen LogP contribution in [-0.2, 0) is 22.5 Å². The summed E-state index contributed by atoms with van der Waals surface area (Å²) >= 11 is 0. The van der Waals surface area contributed by atoms with Gasteiger partial charge in [0.1, 0.15) is 0 Å². The maximum atomic E-state index is 12.5. The van der Waals surface area contributed by atoms with Gasteiger partial charge in [-0.2, -0.15) is 0 Å². The molecule has 0 saturated heterocycles. The van der Waals surface area contributed by atoms with Gasteiger partial charge in [0.25, 0.3) is 0 Å². The van der Waals surface area contributed by atoms with Gasteiger partial charge < -0.3 is 14.6 Å². The molecule has 0 bridgehead atoms. The molecular formula is C25H28N2O3. The highest BCUT2D eigenvalue weighted by Crippen LogP contribution is 2.27. The number of ether oxygens (including phenoxy) is 1. The number of hydrogen-bond acceptors (Lipinski definition) is 3. The molecule has 5 nitrogen and oxygen atoms in total. The van der Waals surface area contributed by atoms with E-state index in [0.717, 1.165) is 29.1 Å². The molecule has 1 aromatic heterocycles. The van der Waals surface area contributed by atoms with Gasteiger partial charge in [0.15, 0.2) is 0 Å². The van der Waals surface area contributed by atoms with E-state index in [1.807, 2.05) is 72.2 Å². The zero-order chi connectivity index (χ0) is 21.5. The lowest BCUT2D eigenvalue weighted by Crippen LogP contribution is -2.16. The van der Waals surface area contributed by atoms with Crippen molar-refractivity contribution in [2.45, 2.75) is 40.2 Å². The Bertz CT molecular complexity index is 1000. The maximum Gasteiger partial charge on any atom is 0.339 e. The lowest BCUT2D eigenvalue weighted by Gasteiger charge is -2.13. The highest BCUT2D eigenvalue weighted by molar-refractivity contribution is 5.93. The predicted molar refractivity (Wildman–Crippen MR) is 120 cm³/mol. The van der Waals surface area contributed by atoms with E-state index < -0.39 is 0 Å².